The summed E-state index contributed by atoms with van der Waals surface area (Å²) in [7, 11) is 1.64. The van der Waals surface area contributed by atoms with Crippen molar-refractivity contribution in [3.63, 3.8) is 0 Å². The molecule has 0 spiro atoms. The van der Waals surface area contributed by atoms with Crippen LogP contribution in [0.15, 0.2) is 33.7 Å². The van der Waals surface area contributed by atoms with E-state index in [4.69, 9.17) is 4.74 Å². The Labute approximate surface area is 112 Å². The molecule has 0 radical (unpaired) electrons. The number of benzene rings is 1. The van der Waals surface area contributed by atoms with Crippen LogP contribution in [0.3, 0.4) is 0 Å². The smallest absolute Gasteiger partial charge is 0.120 e. The van der Waals surface area contributed by atoms with Gasteiger partial charge in [0.2, 0.25) is 0 Å². The number of methoxy groups -OCH3 is 1. The van der Waals surface area contributed by atoms with E-state index in [9.17, 15) is 5.26 Å². The zero-order valence-electron chi connectivity index (χ0n) is 11.0. The molecule has 0 saturated heterocycles. The van der Waals surface area contributed by atoms with E-state index < -0.39 is 0 Å². The second-order valence-corrected chi connectivity index (χ2v) is 6.21. The van der Waals surface area contributed by atoms with Crippen LogP contribution in [-0.2, 0) is 0 Å². The number of thioether (sulfide) groups is 1. The number of anilines is 1. The number of nitrogens with one attached hydrogen (secondary N) is 1. The first-order valence-electron chi connectivity index (χ1n) is 5.73. The number of nitrogens with zero attached hydrogens (tertiary/aromatic N) is 1. The van der Waals surface area contributed by atoms with Crippen molar-refractivity contribution in [1.29, 1.82) is 5.26 Å². The Kier molecular flexibility index (Phi) is 3.27. The molecule has 0 aliphatic carbocycles. The summed E-state index contributed by atoms with van der Waals surface area (Å²) < 4.78 is 5.20. The normalized spacial score (nSPS) is 14.6. The molecule has 1 aromatic carbocycles. The fourth-order valence-corrected chi connectivity index (χ4v) is 2.91. The van der Waals surface area contributed by atoms with Gasteiger partial charge < -0.3 is 10.1 Å². The van der Waals surface area contributed by atoms with Gasteiger partial charge in [0.1, 0.15) is 16.7 Å². The van der Waals surface area contributed by atoms with Gasteiger partial charge in [0.05, 0.1) is 12.8 Å². The van der Waals surface area contributed by atoms with E-state index in [1.165, 1.54) is 11.8 Å². The van der Waals surface area contributed by atoms with Crippen molar-refractivity contribution in [3.05, 3.63) is 28.8 Å². The summed E-state index contributed by atoms with van der Waals surface area (Å²) in [4.78, 5) is 1.75. The van der Waals surface area contributed by atoms with Gasteiger partial charge in [-0.05, 0) is 18.2 Å². The van der Waals surface area contributed by atoms with Crippen LogP contribution >= 0.6 is 11.8 Å². The molecule has 4 heteroatoms. The van der Waals surface area contributed by atoms with Crippen molar-refractivity contribution >= 4 is 17.4 Å². The van der Waals surface area contributed by atoms with E-state index in [0.717, 1.165) is 26.9 Å². The molecule has 0 bridgehead atoms. The molecular formula is C14H16N2OS. The third-order valence-corrected chi connectivity index (χ3v) is 3.80. The van der Waals surface area contributed by atoms with Crippen LogP contribution in [-0.4, -0.2) is 7.11 Å². The van der Waals surface area contributed by atoms with Gasteiger partial charge in [-0.15, -0.1) is 0 Å². The Morgan fingerprint density at radius 2 is 2.06 bits per heavy atom. The fourth-order valence-electron chi connectivity index (χ4n) is 1.78. The highest BCUT2D eigenvalue weighted by Gasteiger charge is 2.27. The van der Waals surface area contributed by atoms with Gasteiger partial charge in [-0.2, -0.15) is 5.26 Å². The first-order valence-corrected chi connectivity index (χ1v) is 6.55. The van der Waals surface area contributed by atoms with Crippen LogP contribution in [0.25, 0.3) is 0 Å². The number of allylic oxidation sites excluding steroid dienone is 2. The van der Waals surface area contributed by atoms with E-state index in [2.05, 4.69) is 32.2 Å². The first kappa shape index (κ1) is 12.8. The van der Waals surface area contributed by atoms with Gasteiger partial charge in [0.15, 0.2) is 0 Å². The Morgan fingerprint density at radius 3 is 2.61 bits per heavy atom. The zero-order chi connectivity index (χ0) is 13.3. The standard InChI is InChI=1S/C14H16N2OS/c1-14(2,3)13-12(8-15)18-11-7-9(17-4)5-6-10(11)16-13/h5-7,16H,1-4H3. The fraction of sp³-hybridized carbons (Fsp3) is 0.357. The highest BCUT2D eigenvalue weighted by molar-refractivity contribution is 8.03. The largest absolute Gasteiger partial charge is 0.497 e. The summed E-state index contributed by atoms with van der Waals surface area (Å²) in [5.74, 6) is 0.805. The third-order valence-electron chi connectivity index (χ3n) is 2.74. The van der Waals surface area contributed by atoms with Gasteiger partial charge in [-0.3, -0.25) is 0 Å². The second kappa shape index (κ2) is 4.58. The lowest BCUT2D eigenvalue weighted by atomic mass is 9.91. The Balaban J connectivity index is 2.45. The van der Waals surface area contributed by atoms with Gasteiger partial charge in [0.25, 0.3) is 0 Å². The van der Waals surface area contributed by atoms with Gasteiger partial charge in [-0.25, -0.2) is 0 Å². The van der Waals surface area contributed by atoms with Crippen molar-refractivity contribution in [2.24, 2.45) is 5.41 Å². The molecule has 1 aromatic rings. The van der Waals surface area contributed by atoms with Crippen LogP contribution in [0.4, 0.5) is 5.69 Å². The molecule has 1 N–H and O–H groups in total. The summed E-state index contributed by atoms with van der Waals surface area (Å²) in [5.41, 5.74) is 1.94. The molecule has 1 heterocycles. The maximum absolute atomic E-state index is 9.28. The number of ether oxygens (including phenoxy) is 1. The van der Waals surface area contributed by atoms with E-state index in [1.54, 1.807) is 7.11 Å². The highest BCUT2D eigenvalue weighted by Crippen LogP contribution is 2.45. The minimum Gasteiger partial charge on any atom is -0.497 e. The molecule has 0 saturated carbocycles. The molecule has 3 nitrogen and oxygen atoms in total. The van der Waals surface area contributed by atoms with Crippen molar-refractivity contribution in [3.8, 4) is 11.8 Å². The highest BCUT2D eigenvalue weighted by atomic mass is 32.2. The predicted molar refractivity (Wildman–Crippen MR) is 74.6 cm³/mol. The van der Waals surface area contributed by atoms with Crippen molar-refractivity contribution in [1.82, 2.24) is 0 Å². The van der Waals surface area contributed by atoms with Gasteiger partial charge in [0, 0.05) is 16.0 Å². The van der Waals surface area contributed by atoms with E-state index >= 15 is 0 Å². The van der Waals surface area contributed by atoms with Gasteiger partial charge >= 0.3 is 0 Å². The molecular weight excluding hydrogens is 244 g/mol. The van der Waals surface area contributed by atoms with Crippen LogP contribution in [0.2, 0.25) is 0 Å². The van der Waals surface area contributed by atoms with E-state index in [-0.39, 0.29) is 5.41 Å². The lowest BCUT2D eigenvalue weighted by Crippen LogP contribution is -2.20. The van der Waals surface area contributed by atoms with E-state index in [0.29, 0.717) is 0 Å². The molecule has 1 aliphatic heterocycles. The molecule has 1 aliphatic rings. The Hall–Kier alpha value is -1.60. The number of hydrogen-bond acceptors (Lipinski definition) is 4. The van der Waals surface area contributed by atoms with Crippen LogP contribution in [0.1, 0.15) is 20.8 Å². The quantitative estimate of drug-likeness (QED) is 0.829. The molecule has 0 amide bonds. The predicted octanol–water partition coefficient (Wildman–Crippen LogP) is 3.99. The molecule has 2 rings (SSSR count). The minimum absolute atomic E-state index is 0.0737. The molecule has 0 atom stereocenters. The second-order valence-electron chi connectivity index (χ2n) is 5.16. The number of nitriles is 1. The molecule has 18 heavy (non-hydrogen) atoms. The van der Waals surface area contributed by atoms with E-state index in [1.807, 2.05) is 18.2 Å². The average molecular weight is 260 g/mol. The first-order chi connectivity index (χ1) is 8.45. The van der Waals surface area contributed by atoms with Crippen LogP contribution in [0, 0.1) is 16.7 Å². The van der Waals surface area contributed by atoms with Crippen molar-refractivity contribution in [2.45, 2.75) is 25.7 Å². The zero-order valence-corrected chi connectivity index (χ0v) is 11.8. The summed E-state index contributed by atoms with van der Waals surface area (Å²) in [6.45, 7) is 6.30. The van der Waals surface area contributed by atoms with Crippen molar-refractivity contribution in [2.75, 3.05) is 12.4 Å². The Bertz CT molecular complexity index is 550. The SMILES string of the molecule is COc1ccc2c(c1)SC(C#N)=C(C(C)(C)C)N2. The topological polar surface area (TPSA) is 45.0 Å². The third kappa shape index (κ3) is 2.32. The van der Waals surface area contributed by atoms with Crippen LogP contribution < -0.4 is 10.1 Å². The summed E-state index contributed by atoms with van der Waals surface area (Å²) in [6, 6.07) is 8.13. The molecule has 94 valence electrons. The summed E-state index contributed by atoms with van der Waals surface area (Å²) >= 11 is 1.50. The lowest BCUT2D eigenvalue weighted by molar-refractivity contribution is 0.414. The number of rotatable bonds is 1. The number of hydrogen-bond donors (Lipinski definition) is 1. The molecule has 0 aromatic heterocycles. The summed E-state index contributed by atoms with van der Waals surface area (Å²) in [6.07, 6.45) is 0. The van der Waals surface area contributed by atoms with Crippen molar-refractivity contribution < 1.29 is 4.74 Å². The average Bonchev–Trinajstić information content (AvgIpc) is 2.35. The maximum Gasteiger partial charge on any atom is 0.120 e. The summed E-state index contributed by atoms with van der Waals surface area (Å²) in [5, 5.41) is 12.6. The van der Waals surface area contributed by atoms with Crippen LogP contribution in [0.5, 0.6) is 5.75 Å². The number of fused-ring (bicyclic) bond motifs is 1. The monoisotopic (exact) mass is 260 g/mol. The lowest BCUT2D eigenvalue weighted by Gasteiger charge is -2.30. The van der Waals surface area contributed by atoms with Gasteiger partial charge in [-0.1, -0.05) is 32.5 Å². The maximum atomic E-state index is 9.28. The molecule has 0 unspecified atom stereocenters. The Morgan fingerprint density at radius 1 is 1.33 bits per heavy atom. The minimum atomic E-state index is -0.0737. The molecule has 0 fully saturated rings.